The highest BCUT2D eigenvalue weighted by molar-refractivity contribution is 5.79. The normalized spacial score (nSPS) is 21.3. The molecule has 0 unspecified atom stereocenters. The number of hydrogen-bond acceptors (Lipinski definition) is 3. The van der Waals surface area contributed by atoms with Gasteiger partial charge in [0, 0.05) is 13.0 Å². The van der Waals surface area contributed by atoms with Gasteiger partial charge in [0.25, 0.3) is 0 Å². The molecule has 4 nitrogen and oxygen atoms in total. The minimum atomic E-state index is 0.110. The lowest BCUT2D eigenvalue weighted by Crippen LogP contribution is -2.38. The summed E-state index contributed by atoms with van der Waals surface area (Å²) in [6.45, 7) is 3.77. The van der Waals surface area contributed by atoms with Crippen LogP contribution in [-0.4, -0.2) is 37.6 Å². The Morgan fingerprint density at radius 3 is 2.86 bits per heavy atom. The smallest absolute Gasteiger partial charge is 0.225 e. The minimum absolute atomic E-state index is 0.110. The molecule has 1 aliphatic rings. The largest absolute Gasteiger partial charge is 0.491 e. The predicted octanol–water partition coefficient (Wildman–Crippen LogP) is 2.21. The Morgan fingerprint density at radius 1 is 1.38 bits per heavy atom. The van der Waals surface area contributed by atoms with E-state index >= 15 is 0 Å². The maximum absolute atomic E-state index is 12.4. The molecule has 0 spiro atoms. The standard InChI is InChI=1S/C17H26N2O2/c1-13-6-3-4-9-16(13)21-11-10-19(2)17(20)15-8-5-7-14(15)12-18/h3-4,6,9,14-15H,5,7-8,10-12,18H2,1-2H3/t14-,15-/m1/s1. The van der Waals surface area contributed by atoms with E-state index in [-0.39, 0.29) is 11.8 Å². The van der Waals surface area contributed by atoms with Gasteiger partial charge in [0.1, 0.15) is 12.4 Å². The Balaban J connectivity index is 1.80. The van der Waals surface area contributed by atoms with Crippen molar-refractivity contribution in [3.63, 3.8) is 0 Å². The number of carbonyl (C=O) groups is 1. The van der Waals surface area contributed by atoms with Crippen molar-refractivity contribution in [2.45, 2.75) is 26.2 Å². The zero-order valence-corrected chi connectivity index (χ0v) is 13.0. The van der Waals surface area contributed by atoms with Gasteiger partial charge >= 0.3 is 0 Å². The van der Waals surface area contributed by atoms with E-state index < -0.39 is 0 Å². The molecule has 1 aromatic carbocycles. The number of rotatable bonds is 6. The lowest BCUT2D eigenvalue weighted by Gasteiger charge is -2.24. The first-order valence-electron chi connectivity index (χ1n) is 7.77. The molecule has 0 aromatic heterocycles. The van der Waals surface area contributed by atoms with Crippen LogP contribution in [0.2, 0.25) is 0 Å². The molecular weight excluding hydrogens is 264 g/mol. The van der Waals surface area contributed by atoms with E-state index in [4.69, 9.17) is 10.5 Å². The fourth-order valence-corrected chi connectivity index (χ4v) is 3.05. The second-order valence-electron chi connectivity index (χ2n) is 5.91. The van der Waals surface area contributed by atoms with Crippen LogP contribution in [0.1, 0.15) is 24.8 Å². The minimum Gasteiger partial charge on any atom is -0.491 e. The molecule has 1 amide bonds. The van der Waals surface area contributed by atoms with Crippen LogP contribution >= 0.6 is 0 Å². The van der Waals surface area contributed by atoms with Crippen LogP contribution in [0.3, 0.4) is 0 Å². The highest BCUT2D eigenvalue weighted by atomic mass is 16.5. The number of nitrogens with zero attached hydrogens (tertiary/aromatic N) is 1. The van der Waals surface area contributed by atoms with Crippen molar-refractivity contribution in [1.29, 1.82) is 0 Å². The van der Waals surface area contributed by atoms with Gasteiger partial charge < -0.3 is 15.4 Å². The summed E-state index contributed by atoms with van der Waals surface area (Å²) < 4.78 is 5.75. The van der Waals surface area contributed by atoms with Crippen LogP contribution in [0.25, 0.3) is 0 Å². The van der Waals surface area contributed by atoms with E-state index in [9.17, 15) is 4.79 Å². The predicted molar refractivity (Wildman–Crippen MR) is 84.2 cm³/mol. The summed E-state index contributed by atoms with van der Waals surface area (Å²) in [5.74, 6) is 1.58. The summed E-state index contributed by atoms with van der Waals surface area (Å²) in [4.78, 5) is 14.2. The van der Waals surface area contributed by atoms with Crippen molar-refractivity contribution >= 4 is 5.91 Å². The first-order valence-corrected chi connectivity index (χ1v) is 7.77. The second-order valence-corrected chi connectivity index (χ2v) is 5.91. The topological polar surface area (TPSA) is 55.6 Å². The molecule has 0 radical (unpaired) electrons. The zero-order valence-electron chi connectivity index (χ0n) is 13.0. The number of nitrogens with two attached hydrogens (primary N) is 1. The fraction of sp³-hybridized carbons (Fsp3) is 0.588. The van der Waals surface area contributed by atoms with Crippen molar-refractivity contribution < 1.29 is 9.53 Å². The highest BCUT2D eigenvalue weighted by Crippen LogP contribution is 2.32. The Labute approximate surface area is 127 Å². The summed E-state index contributed by atoms with van der Waals surface area (Å²) in [5.41, 5.74) is 6.88. The van der Waals surface area contributed by atoms with Crippen molar-refractivity contribution in [1.82, 2.24) is 4.90 Å². The monoisotopic (exact) mass is 290 g/mol. The number of hydrogen-bond donors (Lipinski definition) is 1. The van der Waals surface area contributed by atoms with E-state index in [0.717, 1.165) is 30.6 Å². The van der Waals surface area contributed by atoms with Crippen LogP contribution in [0.15, 0.2) is 24.3 Å². The van der Waals surface area contributed by atoms with Gasteiger partial charge in [-0.1, -0.05) is 24.6 Å². The van der Waals surface area contributed by atoms with E-state index in [1.807, 2.05) is 38.2 Å². The van der Waals surface area contributed by atoms with Crippen LogP contribution in [0.5, 0.6) is 5.75 Å². The maximum atomic E-state index is 12.4. The van der Waals surface area contributed by atoms with E-state index in [2.05, 4.69) is 0 Å². The van der Waals surface area contributed by atoms with Gasteiger partial charge in [-0.15, -0.1) is 0 Å². The molecule has 1 fully saturated rings. The molecular formula is C17H26N2O2. The Kier molecular flexibility index (Phi) is 5.62. The Morgan fingerprint density at radius 2 is 2.14 bits per heavy atom. The quantitative estimate of drug-likeness (QED) is 0.874. The SMILES string of the molecule is Cc1ccccc1OCCN(C)C(=O)[C@@H]1CCC[C@@H]1CN. The average molecular weight is 290 g/mol. The molecule has 4 heteroatoms. The van der Waals surface area contributed by atoms with E-state index in [1.54, 1.807) is 4.90 Å². The molecule has 2 N–H and O–H groups in total. The Hall–Kier alpha value is -1.55. The molecule has 1 aliphatic carbocycles. The summed E-state index contributed by atoms with van der Waals surface area (Å²) in [5, 5.41) is 0. The summed E-state index contributed by atoms with van der Waals surface area (Å²) in [6, 6.07) is 7.93. The molecule has 0 saturated heterocycles. The molecule has 0 bridgehead atoms. The van der Waals surface area contributed by atoms with Gasteiger partial charge in [-0.25, -0.2) is 0 Å². The van der Waals surface area contributed by atoms with Gasteiger partial charge in [0.2, 0.25) is 5.91 Å². The first-order chi connectivity index (χ1) is 10.1. The molecule has 1 aromatic rings. The molecule has 0 heterocycles. The van der Waals surface area contributed by atoms with Gasteiger partial charge in [0.15, 0.2) is 0 Å². The number of para-hydroxylation sites is 1. The molecule has 2 rings (SSSR count). The molecule has 116 valence electrons. The van der Waals surface area contributed by atoms with E-state index in [0.29, 0.717) is 25.6 Å². The highest BCUT2D eigenvalue weighted by Gasteiger charge is 2.33. The van der Waals surface area contributed by atoms with Gasteiger partial charge in [0.05, 0.1) is 6.54 Å². The molecule has 2 atom stereocenters. The number of benzene rings is 1. The number of likely N-dealkylation sites (N-methyl/N-ethyl adjacent to an activating group) is 1. The van der Waals surface area contributed by atoms with Crippen molar-refractivity contribution in [3.8, 4) is 5.75 Å². The Bertz CT molecular complexity index is 476. The number of ether oxygens (including phenoxy) is 1. The van der Waals surface area contributed by atoms with Crippen molar-refractivity contribution in [3.05, 3.63) is 29.8 Å². The fourth-order valence-electron chi connectivity index (χ4n) is 3.05. The lowest BCUT2D eigenvalue weighted by atomic mass is 9.95. The third kappa shape index (κ3) is 3.97. The molecule has 21 heavy (non-hydrogen) atoms. The van der Waals surface area contributed by atoms with Crippen LogP contribution in [-0.2, 0) is 4.79 Å². The van der Waals surface area contributed by atoms with Crippen LogP contribution in [0.4, 0.5) is 0 Å². The van der Waals surface area contributed by atoms with E-state index in [1.165, 1.54) is 0 Å². The zero-order chi connectivity index (χ0) is 15.2. The summed E-state index contributed by atoms with van der Waals surface area (Å²) in [7, 11) is 1.86. The van der Waals surface area contributed by atoms with Gasteiger partial charge in [-0.2, -0.15) is 0 Å². The maximum Gasteiger partial charge on any atom is 0.225 e. The van der Waals surface area contributed by atoms with Crippen molar-refractivity contribution in [2.24, 2.45) is 17.6 Å². The van der Waals surface area contributed by atoms with Crippen LogP contribution < -0.4 is 10.5 Å². The third-order valence-electron chi connectivity index (χ3n) is 4.43. The number of carbonyl (C=O) groups excluding carboxylic acids is 1. The summed E-state index contributed by atoms with van der Waals surface area (Å²) >= 11 is 0. The summed E-state index contributed by atoms with van der Waals surface area (Å²) in [6.07, 6.45) is 3.18. The number of amides is 1. The molecule has 0 aliphatic heterocycles. The van der Waals surface area contributed by atoms with Gasteiger partial charge in [-0.05, 0) is 43.9 Å². The molecule has 1 saturated carbocycles. The third-order valence-corrected chi connectivity index (χ3v) is 4.43. The lowest BCUT2D eigenvalue weighted by molar-refractivity contribution is -0.135. The second kappa shape index (κ2) is 7.46. The van der Waals surface area contributed by atoms with Gasteiger partial charge in [-0.3, -0.25) is 4.79 Å². The van der Waals surface area contributed by atoms with Crippen molar-refractivity contribution in [2.75, 3.05) is 26.7 Å². The number of aryl methyl sites for hydroxylation is 1. The average Bonchev–Trinajstić information content (AvgIpc) is 2.96. The first kappa shape index (κ1) is 15.8. The van der Waals surface area contributed by atoms with Crippen LogP contribution in [0, 0.1) is 18.8 Å².